The lowest BCUT2D eigenvalue weighted by Crippen LogP contribution is -2.38. The number of anilines is 4. The van der Waals surface area contributed by atoms with Crippen LogP contribution in [0.25, 0.3) is 0 Å². The van der Waals surface area contributed by atoms with Gasteiger partial charge in [-0.2, -0.15) is 0 Å². The van der Waals surface area contributed by atoms with E-state index in [1.807, 2.05) is 30.5 Å². The van der Waals surface area contributed by atoms with E-state index in [0.717, 1.165) is 63.3 Å². The smallest absolute Gasteiger partial charge is 0.129 e. The first-order valence-corrected chi connectivity index (χ1v) is 15.2. The van der Waals surface area contributed by atoms with Gasteiger partial charge in [0.15, 0.2) is 0 Å². The SMILES string of the molecule is CN1C=CN(c2cccc(Oc3cccc(C4(c5ccccn5)c5ccccc5N(c5ccccc5)c5ccccc54)c3)c2)C1. The number of benzene rings is 5. The Bertz CT molecular complexity index is 1960. The van der Waals surface area contributed by atoms with E-state index in [0.29, 0.717) is 0 Å². The van der Waals surface area contributed by atoms with Gasteiger partial charge in [-0.05, 0) is 77.4 Å². The highest BCUT2D eigenvalue weighted by Gasteiger charge is 2.47. The van der Waals surface area contributed by atoms with Gasteiger partial charge in [-0.15, -0.1) is 0 Å². The van der Waals surface area contributed by atoms with Gasteiger partial charge in [0.2, 0.25) is 0 Å². The maximum atomic E-state index is 6.59. The quantitative estimate of drug-likeness (QED) is 0.195. The number of ether oxygens (including phenoxy) is 1. The second-order valence-electron chi connectivity index (χ2n) is 11.5. The van der Waals surface area contributed by atoms with Crippen molar-refractivity contribution in [3.8, 4) is 11.5 Å². The van der Waals surface area contributed by atoms with Gasteiger partial charge in [-0.3, -0.25) is 4.98 Å². The number of pyridine rings is 1. The maximum absolute atomic E-state index is 6.59. The van der Waals surface area contributed by atoms with Crippen molar-refractivity contribution >= 4 is 22.7 Å². The molecule has 0 fully saturated rings. The summed E-state index contributed by atoms with van der Waals surface area (Å²) < 4.78 is 6.59. The third kappa shape index (κ3) is 4.52. The van der Waals surface area contributed by atoms with Gasteiger partial charge < -0.3 is 19.4 Å². The summed E-state index contributed by atoms with van der Waals surface area (Å²) in [5.74, 6) is 1.56. The Labute approximate surface area is 263 Å². The molecule has 218 valence electrons. The number of para-hydroxylation sites is 3. The van der Waals surface area contributed by atoms with Gasteiger partial charge in [0.25, 0.3) is 0 Å². The molecule has 5 heteroatoms. The fourth-order valence-corrected chi connectivity index (χ4v) is 6.77. The average Bonchev–Trinajstić information content (AvgIpc) is 3.54. The highest BCUT2D eigenvalue weighted by atomic mass is 16.5. The fraction of sp³-hybridized carbons (Fsp3) is 0.0750. The summed E-state index contributed by atoms with van der Waals surface area (Å²) in [6, 6.07) is 50.9. The highest BCUT2D eigenvalue weighted by molar-refractivity contribution is 5.89. The zero-order valence-corrected chi connectivity index (χ0v) is 25.0. The molecule has 0 atom stereocenters. The van der Waals surface area contributed by atoms with Crippen LogP contribution in [0.5, 0.6) is 11.5 Å². The first-order valence-electron chi connectivity index (χ1n) is 15.2. The fourth-order valence-electron chi connectivity index (χ4n) is 6.77. The number of hydrogen-bond donors (Lipinski definition) is 0. The van der Waals surface area contributed by atoms with Crippen LogP contribution in [0, 0.1) is 0 Å². The van der Waals surface area contributed by atoms with Crippen LogP contribution in [0.15, 0.2) is 164 Å². The Morgan fingerprint density at radius 1 is 0.600 bits per heavy atom. The molecular weight excluding hydrogens is 552 g/mol. The van der Waals surface area contributed by atoms with Crippen molar-refractivity contribution in [2.24, 2.45) is 0 Å². The summed E-state index contributed by atoms with van der Waals surface area (Å²) in [4.78, 5) is 11.8. The summed E-state index contributed by atoms with van der Waals surface area (Å²) in [6.45, 7) is 0.810. The number of hydrogen-bond acceptors (Lipinski definition) is 5. The van der Waals surface area contributed by atoms with Gasteiger partial charge in [0, 0.05) is 43.1 Å². The van der Waals surface area contributed by atoms with Crippen molar-refractivity contribution in [3.05, 3.63) is 187 Å². The molecule has 5 nitrogen and oxygen atoms in total. The minimum absolute atomic E-state index is 0.689. The minimum atomic E-state index is -0.689. The van der Waals surface area contributed by atoms with Crippen molar-refractivity contribution in [2.45, 2.75) is 5.41 Å². The van der Waals surface area contributed by atoms with Crippen LogP contribution in [-0.2, 0) is 5.41 Å². The van der Waals surface area contributed by atoms with E-state index in [1.54, 1.807) is 0 Å². The molecule has 0 bridgehead atoms. The highest BCUT2D eigenvalue weighted by Crippen LogP contribution is 2.57. The molecule has 1 aromatic heterocycles. The number of fused-ring (bicyclic) bond motifs is 2. The molecule has 0 saturated heterocycles. The van der Waals surface area contributed by atoms with Crippen molar-refractivity contribution in [2.75, 3.05) is 23.5 Å². The molecule has 0 saturated carbocycles. The Kier molecular flexibility index (Phi) is 6.57. The van der Waals surface area contributed by atoms with E-state index in [1.165, 1.54) is 0 Å². The van der Waals surface area contributed by atoms with Crippen molar-refractivity contribution in [1.29, 1.82) is 0 Å². The normalized spacial score (nSPS) is 14.6. The molecule has 0 unspecified atom stereocenters. The van der Waals surface area contributed by atoms with Crippen LogP contribution in [0.2, 0.25) is 0 Å². The van der Waals surface area contributed by atoms with Crippen molar-refractivity contribution < 1.29 is 4.74 Å². The van der Waals surface area contributed by atoms with Gasteiger partial charge in [0.05, 0.1) is 29.2 Å². The average molecular weight is 585 g/mol. The molecule has 0 amide bonds. The predicted octanol–water partition coefficient (Wildman–Crippen LogP) is 9.22. The van der Waals surface area contributed by atoms with Crippen LogP contribution in [-0.4, -0.2) is 23.6 Å². The zero-order valence-electron chi connectivity index (χ0n) is 25.0. The second kappa shape index (κ2) is 11.0. The molecule has 0 N–H and O–H groups in total. The molecule has 0 spiro atoms. The Balaban J connectivity index is 1.31. The number of aromatic nitrogens is 1. The first kappa shape index (κ1) is 26.8. The molecule has 6 aromatic rings. The van der Waals surface area contributed by atoms with Crippen LogP contribution >= 0.6 is 0 Å². The monoisotopic (exact) mass is 584 g/mol. The van der Waals surface area contributed by atoms with Gasteiger partial charge in [-0.25, -0.2) is 0 Å². The molecule has 2 aliphatic heterocycles. The molecule has 0 aliphatic carbocycles. The lowest BCUT2D eigenvalue weighted by atomic mass is 9.64. The van der Waals surface area contributed by atoms with Gasteiger partial charge in [-0.1, -0.05) is 78.9 Å². The first-order chi connectivity index (χ1) is 22.2. The van der Waals surface area contributed by atoms with E-state index in [9.17, 15) is 0 Å². The molecule has 5 aromatic carbocycles. The van der Waals surface area contributed by atoms with E-state index in [-0.39, 0.29) is 0 Å². The van der Waals surface area contributed by atoms with E-state index in [4.69, 9.17) is 9.72 Å². The summed E-state index contributed by atoms with van der Waals surface area (Å²) in [7, 11) is 2.07. The third-order valence-corrected chi connectivity index (χ3v) is 8.69. The van der Waals surface area contributed by atoms with Crippen LogP contribution in [0.4, 0.5) is 22.7 Å². The zero-order chi connectivity index (χ0) is 30.2. The molecule has 8 rings (SSSR count). The largest absolute Gasteiger partial charge is 0.457 e. The van der Waals surface area contributed by atoms with Crippen LogP contribution in [0.1, 0.15) is 22.4 Å². The molecule has 2 aliphatic rings. The topological polar surface area (TPSA) is 31.8 Å². The Hall–Kier alpha value is -5.81. The molecule has 0 radical (unpaired) electrons. The van der Waals surface area contributed by atoms with Crippen LogP contribution < -0.4 is 14.5 Å². The third-order valence-electron chi connectivity index (χ3n) is 8.69. The van der Waals surface area contributed by atoms with Crippen molar-refractivity contribution in [3.63, 3.8) is 0 Å². The maximum Gasteiger partial charge on any atom is 0.129 e. The number of rotatable bonds is 6. The van der Waals surface area contributed by atoms with Crippen molar-refractivity contribution in [1.82, 2.24) is 9.88 Å². The lowest BCUT2D eigenvalue weighted by Gasteiger charge is -2.45. The summed E-state index contributed by atoms with van der Waals surface area (Å²) in [6.07, 6.45) is 6.06. The van der Waals surface area contributed by atoms with Gasteiger partial charge in [0.1, 0.15) is 11.5 Å². The van der Waals surface area contributed by atoms with E-state index in [2.05, 4.69) is 155 Å². The summed E-state index contributed by atoms with van der Waals surface area (Å²) >= 11 is 0. The van der Waals surface area contributed by atoms with Crippen LogP contribution in [0.3, 0.4) is 0 Å². The predicted molar refractivity (Wildman–Crippen MR) is 182 cm³/mol. The molecule has 3 heterocycles. The Morgan fingerprint density at radius 3 is 1.93 bits per heavy atom. The molecule has 45 heavy (non-hydrogen) atoms. The van der Waals surface area contributed by atoms with E-state index >= 15 is 0 Å². The Morgan fingerprint density at radius 2 is 1.24 bits per heavy atom. The van der Waals surface area contributed by atoms with Gasteiger partial charge >= 0.3 is 0 Å². The lowest BCUT2D eigenvalue weighted by molar-refractivity contribution is 0.479. The molecular formula is C40H32N4O. The minimum Gasteiger partial charge on any atom is -0.457 e. The summed E-state index contributed by atoms with van der Waals surface area (Å²) in [5, 5.41) is 0. The van der Waals surface area contributed by atoms with E-state index < -0.39 is 5.41 Å². The summed E-state index contributed by atoms with van der Waals surface area (Å²) in [5.41, 5.74) is 8.13. The second-order valence-corrected chi connectivity index (χ2v) is 11.5. The number of nitrogens with zero attached hydrogens (tertiary/aromatic N) is 4. The standard InChI is InChI=1S/C40H32N4O/c1-42-25-26-43(29-42)32-16-12-18-34(28-32)45-33-17-11-13-30(27-33)40(39-23-9-10-24-41-39)35-19-5-7-21-37(35)44(31-14-3-2-4-15-31)38-22-8-6-20-36(38)40/h2-28H,29H2,1H3.